The smallest absolute Gasteiger partial charge is 0.330 e. The van der Waals surface area contributed by atoms with Crippen molar-refractivity contribution in [2.24, 2.45) is 0 Å². The number of benzene rings is 4. The summed E-state index contributed by atoms with van der Waals surface area (Å²) in [5, 5.41) is 0. The lowest BCUT2D eigenvalue weighted by Gasteiger charge is -2.34. The van der Waals surface area contributed by atoms with Crippen molar-refractivity contribution in [3.05, 3.63) is 145 Å². The highest BCUT2D eigenvalue weighted by Crippen LogP contribution is 2.56. The van der Waals surface area contributed by atoms with Crippen LogP contribution in [0.4, 0.5) is 0 Å². The van der Waals surface area contributed by atoms with E-state index in [9.17, 15) is 9.59 Å². The maximum Gasteiger partial charge on any atom is 0.330 e. The number of hydrogen-bond acceptors (Lipinski definition) is 15. The van der Waals surface area contributed by atoms with Gasteiger partial charge >= 0.3 is 5.97 Å². The summed E-state index contributed by atoms with van der Waals surface area (Å²) in [6.45, 7) is 16.5. The number of rotatable bonds is 42. The molecular weight excluding hydrogens is 901 g/mol. The van der Waals surface area contributed by atoms with Crippen LogP contribution in [0.2, 0.25) is 0 Å². The first-order chi connectivity index (χ1) is 34.6. The third-order valence-corrected chi connectivity index (χ3v) is 10.9. The Balaban J connectivity index is 0.961. The Morgan fingerprint density at radius 3 is 1.03 bits per heavy atom. The molecule has 4 aromatic carbocycles. The molecule has 0 spiro atoms. The molecule has 1 aliphatic rings. The Labute approximate surface area is 412 Å². The highest BCUT2D eigenvalue weighted by molar-refractivity contribution is 5.89. The maximum atomic E-state index is 11.2. The van der Waals surface area contributed by atoms with Gasteiger partial charge in [-0.2, -0.15) is 0 Å². The quantitative estimate of drug-likeness (QED) is 0.0228. The van der Waals surface area contributed by atoms with Gasteiger partial charge in [0.1, 0.15) is 31.3 Å². The molecule has 0 aliphatic heterocycles. The summed E-state index contributed by atoms with van der Waals surface area (Å²) < 4.78 is 72.4. The summed E-state index contributed by atoms with van der Waals surface area (Å²) in [5.74, 6) is 1.03. The van der Waals surface area contributed by atoms with E-state index in [-0.39, 0.29) is 12.4 Å². The molecule has 0 bridgehead atoms. The zero-order valence-electron chi connectivity index (χ0n) is 40.4. The molecule has 0 N–H and O–H groups in total. The number of hydrogen-bond donors (Lipinski definition) is 0. The standard InChI is InChI=1S/C55H70O15/c1-3-47(56)21-22-58-23-24-59-25-26-60-27-30-62-33-36-65-39-42-68-48-17-13-45(14-18-48)55(52-11-7-5-9-50(52)51-10-6-8-12-53(51)55)46-15-19-49(20-16-46)69-43-40-66-37-34-63-31-28-61-29-32-64-35-38-67-41-44-70-54(57)4-2/h3-20H,1-2,21-44H2. The Morgan fingerprint density at radius 2 is 0.686 bits per heavy atom. The van der Waals surface area contributed by atoms with Gasteiger partial charge in [0.25, 0.3) is 0 Å². The number of carbonyl (C=O) groups excluding carboxylic acids is 2. The zero-order valence-corrected chi connectivity index (χ0v) is 40.4. The minimum atomic E-state index is -0.555. The van der Waals surface area contributed by atoms with Crippen LogP contribution in [0.5, 0.6) is 11.5 Å². The number of esters is 1. The molecule has 0 saturated heterocycles. The van der Waals surface area contributed by atoms with Gasteiger partial charge in [-0.25, -0.2) is 4.79 Å². The van der Waals surface area contributed by atoms with Crippen molar-refractivity contribution in [1.82, 2.24) is 0 Å². The third-order valence-electron chi connectivity index (χ3n) is 10.9. The summed E-state index contributed by atoms with van der Waals surface area (Å²) >= 11 is 0. The van der Waals surface area contributed by atoms with E-state index in [0.29, 0.717) is 152 Å². The van der Waals surface area contributed by atoms with Crippen LogP contribution in [0.1, 0.15) is 28.7 Å². The van der Waals surface area contributed by atoms with E-state index >= 15 is 0 Å². The molecule has 0 saturated carbocycles. The molecule has 0 unspecified atom stereocenters. The molecule has 0 atom stereocenters. The second-order valence-electron chi connectivity index (χ2n) is 15.5. The molecule has 4 aromatic rings. The van der Waals surface area contributed by atoms with Gasteiger partial charge in [-0.1, -0.05) is 86.0 Å². The normalized spacial score (nSPS) is 12.3. The number of ketones is 1. The highest BCUT2D eigenvalue weighted by atomic mass is 16.6. The van der Waals surface area contributed by atoms with Crippen molar-refractivity contribution in [3.8, 4) is 22.6 Å². The summed E-state index contributed by atoms with van der Waals surface area (Å²) in [4.78, 5) is 22.1. The summed E-state index contributed by atoms with van der Waals surface area (Å²) in [6.07, 6.45) is 2.75. The van der Waals surface area contributed by atoms with Gasteiger partial charge in [0.05, 0.1) is 138 Å². The Morgan fingerprint density at radius 1 is 0.371 bits per heavy atom. The maximum absolute atomic E-state index is 11.2. The lowest BCUT2D eigenvalue weighted by molar-refractivity contribution is -0.139. The first-order valence-electron chi connectivity index (χ1n) is 24.0. The molecule has 0 heterocycles. The van der Waals surface area contributed by atoms with E-state index in [1.54, 1.807) is 0 Å². The topological polar surface area (TPSA) is 154 Å². The molecule has 0 aromatic heterocycles. The molecule has 1 aliphatic carbocycles. The lowest BCUT2D eigenvalue weighted by Crippen LogP contribution is -2.28. The summed E-state index contributed by atoms with van der Waals surface area (Å²) in [6, 6.07) is 34.0. The van der Waals surface area contributed by atoms with Crippen molar-refractivity contribution >= 4 is 11.8 Å². The Kier molecular flexibility index (Phi) is 27.1. The molecule has 70 heavy (non-hydrogen) atoms. The van der Waals surface area contributed by atoms with Crippen LogP contribution in [0.15, 0.2) is 122 Å². The van der Waals surface area contributed by atoms with E-state index in [0.717, 1.165) is 28.7 Å². The van der Waals surface area contributed by atoms with Gasteiger partial charge in [0.15, 0.2) is 5.78 Å². The first kappa shape index (κ1) is 55.6. The summed E-state index contributed by atoms with van der Waals surface area (Å²) in [7, 11) is 0. The van der Waals surface area contributed by atoms with Gasteiger partial charge in [-0.15, -0.1) is 0 Å². The van der Waals surface area contributed by atoms with Gasteiger partial charge < -0.3 is 61.6 Å². The van der Waals surface area contributed by atoms with Crippen LogP contribution in [0.25, 0.3) is 11.1 Å². The molecule has 0 fully saturated rings. The van der Waals surface area contributed by atoms with Crippen molar-refractivity contribution in [2.75, 3.05) is 152 Å². The fourth-order valence-electron chi connectivity index (χ4n) is 7.56. The van der Waals surface area contributed by atoms with E-state index in [1.165, 1.54) is 28.3 Å². The minimum Gasteiger partial charge on any atom is -0.491 e. The molecular formula is C55H70O15. The molecule has 380 valence electrons. The van der Waals surface area contributed by atoms with Crippen molar-refractivity contribution < 1.29 is 71.2 Å². The second kappa shape index (κ2) is 34.1. The fourth-order valence-corrected chi connectivity index (χ4v) is 7.56. The monoisotopic (exact) mass is 970 g/mol. The zero-order chi connectivity index (χ0) is 49.2. The third kappa shape index (κ3) is 19.1. The van der Waals surface area contributed by atoms with Gasteiger partial charge in [0, 0.05) is 12.5 Å². The van der Waals surface area contributed by atoms with Crippen molar-refractivity contribution in [2.45, 2.75) is 11.8 Å². The molecule has 0 amide bonds. The molecule has 0 radical (unpaired) electrons. The SMILES string of the molecule is C=CC(=O)CCOCCOCCOCCOCCOCCOc1ccc(C2(c3ccc(OCCOCCOCCOCCOCCOCCOC(=O)C=C)cc3)c3ccccc3-c3ccccc32)cc1. The Bertz CT molecular complexity index is 2030. The van der Waals surface area contributed by atoms with E-state index < -0.39 is 11.4 Å². The number of fused-ring (bicyclic) bond motifs is 3. The van der Waals surface area contributed by atoms with Gasteiger partial charge in [-0.3, -0.25) is 4.79 Å². The molecule has 15 nitrogen and oxygen atoms in total. The van der Waals surface area contributed by atoms with Crippen molar-refractivity contribution in [1.29, 1.82) is 0 Å². The van der Waals surface area contributed by atoms with Gasteiger partial charge in [-0.05, 0) is 63.7 Å². The van der Waals surface area contributed by atoms with Crippen LogP contribution < -0.4 is 9.47 Å². The lowest BCUT2D eigenvalue weighted by atomic mass is 9.68. The average molecular weight is 971 g/mol. The van der Waals surface area contributed by atoms with Crippen molar-refractivity contribution in [3.63, 3.8) is 0 Å². The fraction of sp³-hybridized carbons (Fsp3) is 0.455. The highest BCUT2D eigenvalue weighted by Gasteiger charge is 2.45. The predicted molar refractivity (Wildman–Crippen MR) is 264 cm³/mol. The van der Waals surface area contributed by atoms with E-state index in [4.69, 9.17) is 61.6 Å². The van der Waals surface area contributed by atoms with Crippen LogP contribution in [-0.2, 0) is 67.1 Å². The van der Waals surface area contributed by atoms with Crippen LogP contribution in [-0.4, -0.2) is 164 Å². The summed E-state index contributed by atoms with van der Waals surface area (Å²) in [5.41, 5.74) is 6.58. The second-order valence-corrected chi connectivity index (χ2v) is 15.5. The number of carbonyl (C=O) groups is 2. The first-order valence-corrected chi connectivity index (χ1v) is 24.0. The Hall–Kier alpha value is -5.30. The van der Waals surface area contributed by atoms with Crippen LogP contribution in [0, 0.1) is 0 Å². The van der Waals surface area contributed by atoms with Crippen LogP contribution >= 0.6 is 0 Å². The van der Waals surface area contributed by atoms with Crippen LogP contribution in [0.3, 0.4) is 0 Å². The molecule has 15 heteroatoms. The number of ether oxygens (including phenoxy) is 13. The average Bonchev–Trinajstić information content (AvgIpc) is 3.70. The molecule has 5 rings (SSSR count). The predicted octanol–water partition coefficient (Wildman–Crippen LogP) is 6.85. The van der Waals surface area contributed by atoms with E-state index in [2.05, 4.69) is 86.0 Å². The number of allylic oxidation sites excluding steroid dienone is 1. The van der Waals surface area contributed by atoms with Gasteiger partial charge in [0.2, 0.25) is 0 Å². The van der Waals surface area contributed by atoms with E-state index in [1.807, 2.05) is 24.3 Å². The minimum absolute atomic E-state index is 0.0290. The largest absolute Gasteiger partial charge is 0.491 e.